The largest absolute Gasteiger partial charge is 0.492 e. The maximum Gasteiger partial charge on any atom is 0.152 e. The Morgan fingerprint density at radius 1 is 1.28 bits per heavy atom. The molecular formula is C19H24BrN3O2. The van der Waals surface area contributed by atoms with E-state index in [4.69, 9.17) is 14.6 Å². The standard InChI is InChI=1S/C19H24BrN3O2/c1-13-10-18(22-23(13)19-4-2-3-9-24-19)21-15-7-8-16(20)17(11-15)25-12-14-5-6-14/h7-8,10-11,14,19H,2-6,9,12H2,1H3,(H,21,22). The van der Waals surface area contributed by atoms with E-state index in [-0.39, 0.29) is 6.23 Å². The molecule has 1 aliphatic carbocycles. The summed E-state index contributed by atoms with van der Waals surface area (Å²) in [6.07, 6.45) is 6.00. The number of anilines is 2. The predicted octanol–water partition coefficient (Wildman–Crippen LogP) is 5.19. The molecule has 0 bridgehead atoms. The second-order valence-corrected chi connectivity index (χ2v) is 7.82. The van der Waals surface area contributed by atoms with Crippen LogP contribution in [0, 0.1) is 12.8 Å². The Kier molecular flexibility index (Phi) is 4.99. The second kappa shape index (κ2) is 7.38. The zero-order valence-corrected chi connectivity index (χ0v) is 16.1. The van der Waals surface area contributed by atoms with Gasteiger partial charge in [-0.3, -0.25) is 0 Å². The van der Waals surface area contributed by atoms with Crippen LogP contribution >= 0.6 is 15.9 Å². The summed E-state index contributed by atoms with van der Waals surface area (Å²) >= 11 is 3.57. The van der Waals surface area contributed by atoms with Crippen LogP contribution in [-0.2, 0) is 4.74 Å². The first-order valence-corrected chi connectivity index (χ1v) is 9.85. The molecule has 1 N–H and O–H groups in total. The summed E-state index contributed by atoms with van der Waals surface area (Å²) < 4.78 is 14.8. The van der Waals surface area contributed by atoms with Crippen molar-refractivity contribution in [1.29, 1.82) is 0 Å². The molecule has 4 rings (SSSR count). The lowest BCUT2D eigenvalue weighted by molar-refractivity contribution is -0.0404. The Hall–Kier alpha value is -1.53. The maximum atomic E-state index is 5.93. The molecule has 2 aromatic rings. The van der Waals surface area contributed by atoms with E-state index in [0.717, 1.165) is 59.4 Å². The molecule has 2 aliphatic rings. The summed E-state index contributed by atoms with van der Waals surface area (Å²) in [5.41, 5.74) is 2.08. The third kappa shape index (κ3) is 4.18. The highest BCUT2D eigenvalue weighted by Crippen LogP contribution is 2.34. The van der Waals surface area contributed by atoms with Crippen LogP contribution in [0.4, 0.5) is 11.5 Å². The van der Waals surface area contributed by atoms with E-state index in [2.05, 4.69) is 34.2 Å². The number of ether oxygens (including phenoxy) is 2. The van der Waals surface area contributed by atoms with Gasteiger partial charge in [0.25, 0.3) is 0 Å². The normalized spacial score (nSPS) is 20.5. The van der Waals surface area contributed by atoms with Crippen molar-refractivity contribution in [1.82, 2.24) is 9.78 Å². The first kappa shape index (κ1) is 16.9. The Bertz CT molecular complexity index is 736. The molecule has 1 aliphatic heterocycles. The molecule has 0 spiro atoms. The highest BCUT2D eigenvalue weighted by atomic mass is 79.9. The molecule has 1 aromatic carbocycles. The average molecular weight is 406 g/mol. The number of nitrogens with one attached hydrogen (secondary N) is 1. The number of halogens is 1. The zero-order valence-electron chi connectivity index (χ0n) is 14.5. The maximum absolute atomic E-state index is 5.93. The fraction of sp³-hybridized carbons (Fsp3) is 0.526. The third-order valence-corrected chi connectivity index (χ3v) is 5.38. The predicted molar refractivity (Wildman–Crippen MR) is 101 cm³/mol. The van der Waals surface area contributed by atoms with Crippen LogP contribution < -0.4 is 10.1 Å². The van der Waals surface area contributed by atoms with Gasteiger partial charge in [0.05, 0.1) is 11.1 Å². The van der Waals surface area contributed by atoms with E-state index in [1.807, 2.05) is 22.9 Å². The van der Waals surface area contributed by atoms with Crippen LogP contribution in [0.1, 0.15) is 44.0 Å². The lowest BCUT2D eigenvalue weighted by Crippen LogP contribution is -2.20. The van der Waals surface area contributed by atoms with Crippen LogP contribution in [0.3, 0.4) is 0 Å². The fourth-order valence-corrected chi connectivity index (χ4v) is 3.45. The molecule has 1 atom stereocenters. The van der Waals surface area contributed by atoms with Gasteiger partial charge in [-0.1, -0.05) is 0 Å². The Balaban J connectivity index is 1.46. The quantitative estimate of drug-likeness (QED) is 0.718. The second-order valence-electron chi connectivity index (χ2n) is 6.96. The molecule has 0 radical (unpaired) electrons. The number of nitrogens with zero attached hydrogens (tertiary/aromatic N) is 2. The molecule has 2 heterocycles. The van der Waals surface area contributed by atoms with Gasteiger partial charge < -0.3 is 14.8 Å². The lowest BCUT2D eigenvalue weighted by Gasteiger charge is -2.23. The van der Waals surface area contributed by atoms with Crippen LogP contribution in [-0.4, -0.2) is 23.0 Å². The molecule has 1 aromatic heterocycles. The van der Waals surface area contributed by atoms with E-state index in [9.17, 15) is 0 Å². The Morgan fingerprint density at radius 2 is 2.16 bits per heavy atom. The SMILES string of the molecule is Cc1cc(Nc2ccc(Br)c(OCC3CC3)c2)nn1C1CCCCO1. The summed E-state index contributed by atoms with van der Waals surface area (Å²) in [6.45, 7) is 3.69. The number of rotatable bonds is 6. The molecule has 0 amide bonds. The minimum absolute atomic E-state index is 0.0617. The van der Waals surface area contributed by atoms with Gasteiger partial charge in [-0.2, -0.15) is 5.10 Å². The van der Waals surface area contributed by atoms with Crippen molar-refractivity contribution in [3.63, 3.8) is 0 Å². The average Bonchev–Trinajstić information content (AvgIpc) is 3.38. The van der Waals surface area contributed by atoms with Crippen molar-refractivity contribution in [2.24, 2.45) is 5.92 Å². The van der Waals surface area contributed by atoms with Crippen LogP contribution in [0.25, 0.3) is 0 Å². The van der Waals surface area contributed by atoms with Crippen molar-refractivity contribution in [2.45, 2.75) is 45.3 Å². The summed E-state index contributed by atoms with van der Waals surface area (Å²) in [5, 5.41) is 8.08. The van der Waals surface area contributed by atoms with Gasteiger partial charge in [-0.05, 0) is 73.0 Å². The van der Waals surface area contributed by atoms with Crippen molar-refractivity contribution in [2.75, 3.05) is 18.5 Å². The molecule has 6 heteroatoms. The summed E-state index contributed by atoms with van der Waals surface area (Å²) in [4.78, 5) is 0. The molecule has 25 heavy (non-hydrogen) atoms. The molecule has 2 fully saturated rings. The van der Waals surface area contributed by atoms with Crippen molar-refractivity contribution >= 4 is 27.4 Å². The fourth-order valence-electron chi connectivity index (χ4n) is 3.09. The molecule has 134 valence electrons. The van der Waals surface area contributed by atoms with Crippen molar-refractivity contribution in [3.05, 3.63) is 34.4 Å². The van der Waals surface area contributed by atoms with E-state index in [1.165, 1.54) is 19.3 Å². The van der Waals surface area contributed by atoms with Crippen molar-refractivity contribution in [3.8, 4) is 5.75 Å². The molecular weight excluding hydrogens is 382 g/mol. The molecule has 1 unspecified atom stereocenters. The number of benzene rings is 1. The van der Waals surface area contributed by atoms with Gasteiger partial charge >= 0.3 is 0 Å². The van der Waals surface area contributed by atoms with Gasteiger partial charge in [0.15, 0.2) is 12.0 Å². The van der Waals surface area contributed by atoms with Crippen LogP contribution in [0.5, 0.6) is 5.75 Å². The lowest BCUT2D eigenvalue weighted by atomic mass is 10.2. The highest BCUT2D eigenvalue weighted by molar-refractivity contribution is 9.10. The monoisotopic (exact) mass is 405 g/mol. The zero-order chi connectivity index (χ0) is 17.2. The van der Waals surface area contributed by atoms with Gasteiger partial charge in [0, 0.05) is 30.1 Å². The van der Waals surface area contributed by atoms with E-state index in [0.29, 0.717) is 0 Å². The minimum Gasteiger partial charge on any atom is -0.492 e. The van der Waals surface area contributed by atoms with E-state index in [1.54, 1.807) is 0 Å². The first-order valence-electron chi connectivity index (χ1n) is 9.06. The Labute approximate surface area is 156 Å². The summed E-state index contributed by atoms with van der Waals surface area (Å²) in [7, 11) is 0. The smallest absolute Gasteiger partial charge is 0.152 e. The Morgan fingerprint density at radius 3 is 2.92 bits per heavy atom. The van der Waals surface area contributed by atoms with Gasteiger partial charge in [-0.25, -0.2) is 4.68 Å². The summed E-state index contributed by atoms with van der Waals surface area (Å²) in [6, 6.07) is 8.13. The number of hydrogen-bond acceptors (Lipinski definition) is 4. The number of aromatic nitrogens is 2. The van der Waals surface area contributed by atoms with Crippen LogP contribution in [0.2, 0.25) is 0 Å². The first-order chi connectivity index (χ1) is 12.2. The third-order valence-electron chi connectivity index (χ3n) is 4.73. The number of aryl methyl sites for hydroxylation is 1. The van der Waals surface area contributed by atoms with Crippen LogP contribution in [0.15, 0.2) is 28.7 Å². The molecule has 1 saturated heterocycles. The highest BCUT2D eigenvalue weighted by Gasteiger charge is 2.22. The molecule has 1 saturated carbocycles. The van der Waals surface area contributed by atoms with Gasteiger partial charge in [-0.15, -0.1) is 0 Å². The van der Waals surface area contributed by atoms with Gasteiger partial charge in [0.2, 0.25) is 0 Å². The van der Waals surface area contributed by atoms with Gasteiger partial charge in [0.1, 0.15) is 5.75 Å². The molecule has 5 nitrogen and oxygen atoms in total. The topological polar surface area (TPSA) is 48.3 Å². The van der Waals surface area contributed by atoms with E-state index < -0.39 is 0 Å². The van der Waals surface area contributed by atoms with E-state index >= 15 is 0 Å². The summed E-state index contributed by atoms with van der Waals surface area (Å²) in [5.74, 6) is 2.45. The van der Waals surface area contributed by atoms with Crippen molar-refractivity contribution < 1.29 is 9.47 Å². The minimum atomic E-state index is 0.0617. The number of hydrogen-bond donors (Lipinski definition) is 1.